The fraction of sp³-hybridized carbons (Fsp3) is 0.562. The van der Waals surface area contributed by atoms with Crippen LogP contribution < -0.4 is 10.2 Å². The molecule has 7 nitrogen and oxygen atoms in total. The summed E-state index contributed by atoms with van der Waals surface area (Å²) < 4.78 is 22.3. The molecular formula is C16H26N4O3S. The summed E-state index contributed by atoms with van der Waals surface area (Å²) in [5.74, 6) is 1.27. The zero-order valence-corrected chi connectivity index (χ0v) is 15.1. The van der Waals surface area contributed by atoms with E-state index in [9.17, 15) is 13.5 Å². The molecular weight excluding hydrogens is 328 g/mol. The van der Waals surface area contributed by atoms with Gasteiger partial charge in [0.05, 0.1) is 11.4 Å². The molecule has 2 rings (SSSR count). The summed E-state index contributed by atoms with van der Waals surface area (Å²) in [4.78, 5) is 8.58. The zero-order chi connectivity index (χ0) is 17.6. The lowest BCUT2D eigenvalue weighted by Crippen LogP contribution is -2.52. The van der Waals surface area contributed by atoms with Gasteiger partial charge in [0.1, 0.15) is 15.6 Å². The number of hydrogen-bond acceptors (Lipinski definition) is 5. The number of para-hydroxylation sites is 2. The molecule has 24 heavy (non-hydrogen) atoms. The summed E-state index contributed by atoms with van der Waals surface area (Å²) in [6, 6.07) is 7.36. The second kappa shape index (κ2) is 8.23. The zero-order valence-electron chi connectivity index (χ0n) is 14.3. The van der Waals surface area contributed by atoms with E-state index in [1.807, 2.05) is 18.2 Å². The fourth-order valence-electron chi connectivity index (χ4n) is 2.76. The van der Waals surface area contributed by atoms with Crippen molar-refractivity contribution >= 4 is 21.5 Å². The minimum Gasteiger partial charge on any atom is -0.506 e. The molecule has 1 fully saturated rings. The predicted octanol–water partition coefficient (Wildman–Crippen LogP) is 0.524. The van der Waals surface area contributed by atoms with Gasteiger partial charge >= 0.3 is 0 Å². The van der Waals surface area contributed by atoms with E-state index in [0.717, 1.165) is 37.8 Å². The standard InChI is InChI=1S/C16H26N4O3S/c1-17-16(18-8-5-13-24(2,22)23)20-11-9-19(10-12-20)14-6-3-4-7-15(14)21/h3-4,6-7,21H,5,8-13H2,1-2H3,(H,17,18). The number of phenolic OH excluding ortho intramolecular Hbond substituents is 1. The molecule has 1 aliphatic heterocycles. The third-order valence-electron chi connectivity index (χ3n) is 3.99. The number of rotatable bonds is 5. The van der Waals surface area contributed by atoms with Gasteiger partial charge in [-0.15, -0.1) is 0 Å². The Kier molecular flexibility index (Phi) is 6.30. The van der Waals surface area contributed by atoms with Crippen LogP contribution in [0.25, 0.3) is 0 Å². The number of anilines is 1. The molecule has 134 valence electrons. The highest BCUT2D eigenvalue weighted by Gasteiger charge is 2.21. The van der Waals surface area contributed by atoms with Gasteiger partial charge in [0.25, 0.3) is 0 Å². The molecule has 0 saturated carbocycles. The largest absolute Gasteiger partial charge is 0.506 e. The normalized spacial score (nSPS) is 16.3. The lowest BCUT2D eigenvalue weighted by Gasteiger charge is -2.37. The smallest absolute Gasteiger partial charge is 0.193 e. The van der Waals surface area contributed by atoms with Crippen molar-refractivity contribution in [2.45, 2.75) is 6.42 Å². The first-order valence-corrected chi connectivity index (χ1v) is 10.1. The van der Waals surface area contributed by atoms with Crippen LogP contribution in [0.1, 0.15) is 6.42 Å². The Morgan fingerprint density at radius 1 is 1.25 bits per heavy atom. The molecule has 8 heteroatoms. The highest BCUT2D eigenvalue weighted by atomic mass is 32.2. The van der Waals surface area contributed by atoms with Crippen LogP contribution in [0.15, 0.2) is 29.3 Å². The molecule has 0 unspecified atom stereocenters. The van der Waals surface area contributed by atoms with Crippen LogP contribution in [0.4, 0.5) is 5.69 Å². The number of aromatic hydroxyl groups is 1. The Hall–Kier alpha value is -1.96. The van der Waals surface area contributed by atoms with Crippen molar-refractivity contribution in [3.8, 4) is 5.75 Å². The lowest BCUT2D eigenvalue weighted by molar-refractivity contribution is 0.370. The molecule has 1 aliphatic rings. The summed E-state index contributed by atoms with van der Waals surface area (Å²) >= 11 is 0. The average molecular weight is 354 g/mol. The van der Waals surface area contributed by atoms with Gasteiger partial charge in [0, 0.05) is 46.0 Å². The second-order valence-corrected chi connectivity index (χ2v) is 8.18. The van der Waals surface area contributed by atoms with E-state index in [4.69, 9.17) is 0 Å². The summed E-state index contributed by atoms with van der Waals surface area (Å²) in [7, 11) is -1.19. The number of benzene rings is 1. The summed E-state index contributed by atoms with van der Waals surface area (Å²) in [5, 5.41) is 13.2. The van der Waals surface area contributed by atoms with E-state index >= 15 is 0 Å². The third-order valence-corrected chi connectivity index (χ3v) is 5.02. The Morgan fingerprint density at radius 2 is 1.92 bits per heavy atom. The van der Waals surface area contributed by atoms with E-state index in [1.54, 1.807) is 13.1 Å². The number of phenols is 1. The highest BCUT2D eigenvalue weighted by Crippen LogP contribution is 2.27. The Labute approximate surface area is 143 Å². The molecule has 0 spiro atoms. The molecule has 0 bridgehead atoms. The van der Waals surface area contributed by atoms with Crippen LogP contribution in [-0.2, 0) is 9.84 Å². The quantitative estimate of drug-likeness (QED) is 0.456. The van der Waals surface area contributed by atoms with Gasteiger partial charge in [-0.1, -0.05) is 12.1 Å². The first-order chi connectivity index (χ1) is 11.4. The van der Waals surface area contributed by atoms with Crippen LogP contribution in [0.5, 0.6) is 5.75 Å². The number of nitrogens with zero attached hydrogens (tertiary/aromatic N) is 3. The number of aliphatic imine (C=N–C) groups is 1. The van der Waals surface area contributed by atoms with Crippen LogP contribution in [0.2, 0.25) is 0 Å². The SMILES string of the molecule is CN=C(NCCCS(C)(=O)=O)N1CCN(c2ccccc2O)CC1. The first kappa shape index (κ1) is 18.4. The van der Waals surface area contributed by atoms with Crippen molar-refractivity contribution in [1.29, 1.82) is 0 Å². The second-order valence-electron chi connectivity index (χ2n) is 5.92. The molecule has 1 saturated heterocycles. The molecule has 0 radical (unpaired) electrons. The van der Waals surface area contributed by atoms with Crippen LogP contribution in [0.3, 0.4) is 0 Å². The van der Waals surface area contributed by atoms with Crippen LogP contribution in [-0.4, -0.2) is 76.2 Å². The molecule has 0 aromatic heterocycles. The molecule has 2 N–H and O–H groups in total. The van der Waals surface area contributed by atoms with Gasteiger partial charge in [-0.05, 0) is 18.6 Å². The molecule has 1 heterocycles. The van der Waals surface area contributed by atoms with E-state index < -0.39 is 9.84 Å². The van der Waals surface area contributed by atoms with Gasteiger partial charge in [-0.3, -0.25) is 4.99 Å². The lowest BCUT2D eigenvalue weighted by atomic mass is 10.2. The minimum atomic E-state index is -2.92. The van der Waals surface area contributed by atoms with Gasteiger partial charge in [0.15, 0.2) is 5.96 Å². The van der Waals surface area contributed by atoms with Crippen molar-refractivity contribution in [3.63, 3.8) is 0 Å². The maximum Gasteiger partial charge on any atom is 0.193 e. The Bertz CT molecular complexity index is 668. The number of hydrogen-bond donors (Lipinski definition) is 2. The van der Waals surface area contributed by atoms with Gasteiger partial charge < -0.3 is 20.2 Å². The molecule has 0 amide bonds. The predicted molar refractivity (Wildman–Crippen MR) is 97.6 cm³/mol. The Balaban J connectivity index is 1.83. The van der Waals surface area contributed by atoms with Gasteiger partial charge in [-0.2, -0.15) is 0 Å². The highest BCUT2D eigenvalue weighted by molar-refractivity contribution is 7.90. The monoisotopic (exact) mass is 354 g/mol. The van der Waals surface area contributed by atoms with E-state index in [0.29, 0.717) is 18.7 Å². The van der Waals surface area contributed by atoms with Crippen molar-refractivity contribution in [2.24, 2.45) is 4.99 Å². The number of piperazine rings is 1. The Morgan fingerprint density at radius 3 is 2.50 bits per heavy atom. The molecule has 1 aromatic carbocycles. The maximum absolute atomic E-state index is 11.2. The number of sulfone groups is 1. The van der Waals surface area contributed by atoms with Crippen molar-refractivity contribution in [2.75, 3.05) is 56.7 Å². The molecule has 1 aromatic rings. The fourth-order valence-corrected chi connectivity index (χ4v) is 3.43. The summed E-state index contributed by atoms with van der Waals surface area (Å²) in [6.45, 7) is 3.75. The average Bonchev–Trinajstić information content (AvgIpc) is 2.55. The van der Waals surface area contributed by atoms with E-state index in [2.05, 4.69) is 20.1 Å². The van der Waals surface area contributed by atoms with Crippen molar-refractivity contribution < 1.29 is 13.5 Å². The minimum absolute atomic E-state index is 0.179. The van der Waals surface area contributed by atoms with Crippen LogP contribution in [0, 0.1) is 0 Å². The molecule has 0 aliphatic carbocycles. The topological polar surface area (TPSA) is 85.2 Å². The molecule has 0 atom stereocenters. The third kappa shape index (κ3) is 5.30. The van der Waals surface area contributed by atoms with Crippen LogP contribution >= 0.6 is 0 Å². The van der Waals surface area contributed by atoms with Gasteiger partial charge in [-0.25, -0.2) is 8.42 Å². The van der Waals surface area contributed by atoms with Crippen molar-refractivity contribution in [1.82, 2.24) is 10.2 Å². The maximum atomic E-state index is 11.2. The summed E-state index contributed by atoms with van der Waals surface area (Å²) in [5.41, 5.74) is 0.855. The summed E-state index contributed by atoms with van der Waals surface area (Å²) in [6.07, 6.45) is 1.82. The van der Waals surface area contributed by atoms with E-state index in [-0.39, 0.29) is 5.75 Å². The number of guanidine groups is 1. The van der Waals surface area contributed by atoms with Gasteiger partial charge in [0.2, 0.25) is 0 Å². The van der Waals surface area contributed by atoms with Crippen molar-refractivity contribution in [3.05, 3.63) is 24.3 Å². The van der Waals surface area contributed by atoms with E-state index in [1.165, 1.54) is 6.26 Å². The first-order valence-electron chi connectivity index (χ1n) is 8.07. The number of nitrogens with one attached hydrogen (secondary N) is 1.